The van der Waals surface area contributed by atoms with Crippen molar-refractivity contribution >= 4 is 23.5 Å². The number of aryl methyl sites for hydroxylation is 1. The summed E-state index contributed by atoms with van der Waals surface area (Å²) in [6.07, 6.45) is 1.89. The lowest BCUT2D eigenvalue weighted by Crippen LogP contribution is -3.56. The molecular formula is C19H27N6O+3. The highest BCUT2D eigenvalue weighted by molar-refractivity contribution is 6.23. The van der Waals surface area contributed by atoms with E-state index in [1.165, 1.54) is 30.6 Å². The molecule has 1 amide bonds. The van der Waals surface area contributed by atoms with E-state index in [-0.39, 0.29) is 17.4 Å². The predicted octanol–water partition coefficient (Wildman–Crippen LogP) is -3.29. The fourth-order valence-electron chi connectivity index (χ4n) is 5.20. The standard InChI is InChI=1S/C19H24N6O/c1-14-3-5-16(6-4-14)25-18(26)17(15(2)21-25)7-20-19-8-22-11-23(9-19)13-24(10-19)12-22/h3-7,17H,8-13H2,1-2H3/p+3/t17-/m0/s1. The molecule has 4 bridgehead atoms. The van der Waals surface area contributed by atoms with Crippen molar-refractivity contribution in [2.45, 2.75) is 19.4 Å². The van der Waals surface area contributed by atoms with Crippen molar-refractivity contribution < 1.29 is 19.5 Å². The maximum atomic E-state index is 12.9. The summed E-state index contributed by atoms with van der Waals surface area (Å²) in [6.45, 7) is 11.0. The van der Waals surface area contributed by atoms with E-state index in [0.29, 0.717) is 0 Å². The topological polar surface area (TPSA) is 58.3 Å². The molecule has 1 aromatic rings. The van der Waals surface area contributed by atoms with Crippen molar-refractivity contribution in [1.82, 2.24) is 0 Å². The second-order valence-electron chi connectivity index (χ2n) is 8.52. The first-order chi connectivity index (χ1) is 12.5. The van der Waals surface area contributed by atoms with Crippen molar-refractivity contribution in [2.75, 3.05) is 44.6 Å². The van der Waals surface area contributed by atoms with Gasteiger partial charge in [-0.05, 0) is 26.0 Å². The Balaban J connectivity index is 1.36. The number of amides is 1. The fraction of sp³-hybridized carbons (Fsp3) is 0.526. The van der Waals surface area contributed by atoms with Crippen LogP contribution in [0.5, 0.6) is 0 Å². The lowest BCUT2D eigenvalue weighted by molar-refractivity contribution is -1.29. The monoisotopic (exact) mass is 355 g/mol. The van der Waals surface area contributed by atoms with Crippen molar-refractivity contribution in [2.24, 2.45) is 16.0 Å². The molecule has 0 unspecified atom stereocenters. The minimum Gasteiger partial charge on any atom is -0.272 e. The Morgan fingerprint density at radius 1 is 1.08 bits per heavy atom. The van der Waals surface area contributed by atoms with Crippen LogP contribution in [0.3, 0.4) is 0 Å². The van der Waals surface area contributed by atoms with E-state index in [4.69, 9.17) is 4.99 Å². The summed E-state index contributed by atoms with van der Waals surface area (Å²) < 4.78 is 0. The molecule has 5 aliphatic heterocycles. The summed E-state index contributed by atoms with van der Waals surface area (Å²) in [5, 5.41) is 6.04. The normalized spacial score (nSPS) is 38.5. The van der Waals surface area contributed by atoms with E-state index in [1.807, 2.05) is 44.3 Å². The van der Waals surface area contributed by atoms with E-state index >= 15 is 0 Å². The van der Waals surface area contributed by atoms with Gasteiger partial charge < -0.3 is 0 Å². The zero-order chi connectivity index (χ0) is 17.9. The van der Waals surface area contributed by atoms with Gasteiger partial charge in [0.05, 0.1) is 11.4 Å². The number of quaternary nitrogens is 3. The number of benzene rings is 1. The summed E-state index contributed by atoms with van der Waals surface area (Å²) in [5.41, 5.74) is 2.84. The van der Waals surface area contributed by atoms with Crippen LogP contribution in [0.4, 0.5) is 5.69 Å². The van der Waals surface area contributed by atoms with Crippen molar-refractivity contribution in [1.29, 1.82) is 0 Å². The van der Waals surface area contributed by atoms with Crippen LogP contribution in [0.1, 0.15) is 12.5 Å². The highest BCUT2D eigenvalue weighted by atomic mass is 16.2. The molecule has 6 rings (SSSR count). The van der Waals surface area contributed by atoms with E-state index in [1.54, 1.807) is 14.7 Å². The lowest BCUT2D eigenvalue weighted by atomic mass is 9.91. The van der Waals surface area contributed by atoms with Crippen molar-refractivity contribution in [3.05, 3.63) is 29.8 Å². The number of carbonyl (C=O) groups is 1. The van der Waals surface area contributed by atoms with Crippen LogP contribution in [-0.2, 0) is 4.79 Å². The van der Waals surface area contributed by atoms with Crippen LogP contribution in [0.2, 0.25) is 0 Å². The third kappa shape index (κ3) is 2.58. The van der Waals surface area contributed by atoms with Gasteiger partial charge in [-0.3, -0.25) is 9.79 Å². The number of aliphatic imine (C=N–C) groups is 1. The molecule has 26 heavy (non-hydrogen) atoms. The Morgan fingerprint density at radius 3 is 2.23 bits per heavy atom. The second-order valence-corrected chi connectivity index (χ2v) is 8.52. The average molecular weight is 355 g/mol. The third-order valence-corrected chi connectivity index (χ3v) is 6.20. The first-order valence-corrected chi connectivity index (χ1v) is 9.53. The molecule has 0 aliphatic carbocycles. The van der Waals surface area contributed by atoms with Gasteiger partial charge in [-0.1, -0.05) is 17.7 Å². The first-order valence-electron chi connectivity index (χ1n) is 9.53. The largest absolute Gasteiger partial charge is 0.272 e. The molecule has 5 heterocycles. The van der Waals surface area contributed by atoms with Crippen LogP contribution < -0.4 is 19.7 Å². The molecular weight excluding hydrogens is 328 g/mol. The average Bonchev–Trinajstić information content (AvgIpc) is 2.87. The minimum atomic E-state index is -0.329. The molecule has 4 saturated heterocycles. The molecule has 0 spiro atoms. The van der Waals surface area contributed by atoms with Gasteiger partial charge in [0.15, 0.2) is 0 Å². The zero-order valence-corrected chi connectivity index (χ0v) is 15.5. The molecule has 136 valence electrons. The van der Waals surface area contributed by atoms with Crippen LogP contribution in [0.25, 0.3) is 0 Å². The maximum Gasteiger partial charge on any atom is 0.261 e. The van der Waals surface area contributed by atoms with Crippen molar-refractivity contribution in [3.63, 3.8) is 0 Å². The van der Waals surface area contributed by atoms with Crippen LogP contribution in [0.15, 0.2) is 34.4 Å². The SMILES string of the molecule is CC1=NN(c2ccc(C)cc2)C(=O)[C@H]1C=NC12C[NH+]3C[NH+](C[NH+](C3)C1)C2. The smallest absolute Gasteiger partial charge is 0.261 e. The van der Waals surface area contributed by atoms with E-state index < -0.39 is 0 Å². The number of nitrogens with zero attached hydrogens (tertiary/aromatic N) is 3. The summed E-state index contributed by atoms with van der Waals surface area (Å²) in [6, 6.07) is 7.92. The van der Waals surface area contributed by atoms with Crippen LogP contribution in [0, 0.1) is 12.8 Å². The molecule has 1 aromatic carbocycles. The summed E-state index contributed by atoms with van der Waals surface area (Å²) >= 11 is 0. The van der Waals surface area contributed by atoms with E-state index in [9.17, 15) is 4.79 Å². The quantitative estimate of drug-likeness (QED) is 0.489. The number of anilines is 1. The molecule has 7 heteroatoms. The highest BCUT2D eigenvalue weighted by Gasteiger charge is 2.57. The van der Waals surface area contributed by atoms with Crippen LogP contribution in [-0.4, -0.2) is 63.0 Å². The first kappa shape index (κ1) is 16.1. The Morgan fingerprint density at radius 2 is 1.65 bits per heavy atom. The minimum absolute atomic E-state index is 0.00654. The van der Waals surface area contributed by atoms with Gasteiger partial charge in [-0.2, -0.15) is 10.1 Å². The Labute approximate surface area is 153 Å². The number of hydrazone groups is 1. The van der Waals surface area contributed by atoms with Gasteiger partial charge in [0.25, 0.3) is 5.91 Å². The van der Waals surface area contributed by atoms with E-state index in [0.717, 1.165) is 31.0 Å². The summed E-state index contributed by atoms with van der Waals surface area (Å²) in [7, 11) is 0. The Hall–Kier alpha value is -2.09. The number of hydrogen-bond acceptors (Lipinski definition) is 3. The fourth-order valence-corrected chi connectivity index (χ4v) is 5.20. The number of hydrogen-bond donors (Lipinski definition) is 3. The molecule has 0 radical (unpaired) electrons. The molecule has 0 aromatic heterocycles. The third-order valence-electron chi connectivity index (χ3n) is 6.20. The molecule has 1 atom stereocenters. The summed E-state index contributed by atoms with van der Waals surface area (Å²) in [4.78, 5) is 22.9. The van der Waals surface area contributed by atoms with Gasteiger partial charge in [0.1, 0.15) is 25.6 Å². The number of carbonyl (C=O) groups excluding carboxylic acids is 1. The predicted molar refractivity (Wildman–Crippen MR) is 98.6 cm³/mol. The summed E-state index contributed by atoms with van der Waals surface area (Å²) in [5.74, 6) is -0.322. The second kappa shape index (κ2) is 5.70. The van der Waals surface area contributed by atoms with Crippen molar-refractivity contribution in [3.8, 4) is 0 Å². The molecule has 0 saturated carbocycles. The molecule has 3 N–H and O–H groups in total. The highest BCUT2D eigenvalue weighted by Crippen LogP contribution is 2.24. The van der Waals surface area contributed by atoms with Gasteiger partial charge in [0.2, 0.25) is 25.5 Å². The van der Waals surface area contributed by atoms with E-state index in [2.05, 4.69) is 5.10 Å². The molecule has 5 aliphatic rings. The molecule has 4 fully saturated rings. The molecule has 7 nitrogen and oxygen atoms in total. The lowest BCUT2D eigenvalue weighted by Gasteiger charge is -2.50. The number of nitrogens with one attached hydrogen (secondary N) is 3. The zero-order valence-electron chi connectivity index (χ0n) is 15.5. The van der Waals surface area contributed by atoms with Gasteiger partial charge >= 0.3 is 0 Å². The maximum absolute atomic E-state index is 12.9. The number of rotatable bonds is 3. The van der Waals surface area contributed by atoms with Gasteiger partial charge in [-0.25, -0.2) is 14.7 Å². The Bertz CT molecular complexity index is 763. The van der Waals surface area contributed by atoms with Gasteiger partial charge in [-0.15, -0.1) is 0 Å². The van der Waals surface area contributed by atoms with Gasteiger partial charge in [0, 0.05) is 6.21 Å². The Kier molecular flexibility index (Phi) is 3.53. The van der Waals surface area contributed by atoms with Crippen LogP contribution >= 0.6 is 0 Å².